The van der Waals surface area contributed by atoms with Crippen LogP contribution in [0.4, 0.5) is 0 Å². The van der Waals surface area contributed by atoms with E-state index in [4.69, 9.17) is 16.7 Å². The number of rotatable bonds is 4. The summed E-state index contributed by atoms with van der Waals surface area (Å²) in [5.41, 5.74) is 0.894. The summed E-state index contributed by atoms with van der Waals surface area (Å²) < 4.78 is 23.3. The Labute approximate surface area is 88.3 Å². The van der Waals surface area contributed by atoms with E-state index in [9.17, 15) is 8.42 Å². The lowest BCUT2D eigenvalue weighted by molar-refractivity contribution is 0.583. The van der Waals surface area contributed by atoms with Gasteiger partial charge >= 0.3 is 0 Å². The van der Waals surface area contributed by atoms with Crippen molar-refractivity contribution in [1.29, 1.82) is 0 Å². The minimum atomic E-state index is -3.60. The molecule has 0 bridgehead atoms. The molecule has 0 aliphatic rings. The van der Waals surface area contributed by atoms with Gasteiger partial charge in [0.05, 0.1) is 0 Å². The quantitative estimate of drug-likeness (QED) is 0.804. The van der Waals surface area contributed by atoms with Gasteiger partial charge in [-0.1, -0.05) is 29.8 Å². The van der Waals surface area contributed by atoms with Gasteiger partial charge in [-0.25, -0.2) is 9.86 Å². The summed E-state index contributed by atoms with van der Waals surface area (Å²) in [5, 5.41) is 5.39. The summed E-state index contributed by atoms with van der Waals surface area (Å²) in [6.45, 7) is 0.253. The van der Waals surface area contributed by atoms with E-state index in [0.29, 0.717) is 11.4 Å². The molecule has 4 nitrogen and oxygen atoms in total. The van der Waals surface area contributed by atoms with Crippen molar-refractivity contribution in [3.05, 3.63) is 34.9 Å². The third-order valence-electron chi connectivity index (χ3n) is 1.66. The monoisotopic (exact) mass is 234 g/mol. The molecule has 78 valence electrons. The van der Waals surface area contributed by atoms with Crippen molar-refractivity contribution in [2.24, 2.45) is 5.14 Å². The first kappa shape index (κ1) is 11.5. The van der Waals surface area contributed by atoms with E-state index in [-0.39, 0.29) is 6.54 Å². The first-order valence-corrected chi connectivity index (χ1v) is 5.92. The molecule has 0 aliphatic carbocycles. The molecule has 0 saturated carbocycles. The third-order valence-corrected chi connectivity index (χ3v) is 2.63. The molecule has 3 N–H and O–H groups in total. The Bertz CT molecular complexity index is 406. The first-order chi connectivity index (χ1) is 6.49. The van der Waals surface area contributed by atoms with Crippen molar-refractivity contribution in [3.8, 4) is 0 Å². The lowest BCUT2D eigenvalue weighted by Gasteiger charge is -2.03. The minimum Gasteiger partial charge on any atom is -0.216 e. The number of benzene rings is 1. The second kappa shape index (κ2) is 4.75. The largest absolute Gasteiger partial charge is 0.274 e. The van der Waals surface area contributed by atoms with Crippen LogP contribution < -0.4 is 9.86 Å². The highest BCUT2D eigenvalue weighted by Crippen LogP contribution is 2.14. The second-order valence-electron chi connectivity index (χ2n) is 2.78. The number of nitrogens with one attached hydrogen (secondary N) is 1. The molecule has 14 heavy (non-hydrogen) atoms. The predicted molar refractivity (Wildman–Crippen MR) is 56.3 cm³/mol. The molecule has 6 heteroatoms. The molecule has 1 rings (SSSR count). The fourth-order valence-corrected chi connectivity index (χ4v) is 1.65. The summed E-state index contributed by atoms with van der Waals surface area (Å²) in [7, 11) is -3.60. The van der Waals surface area contributed by atoms with Gasteiger partial charge in [-0.3, -0.25) is 0 Å². The maximum atomic E-state index is 10.5. The van der Waals surface area contributed by atoms with Crippen molar-refractivity contribution in [1.82, 2.24) is 4.72 Å². The molecule has 1 aromatic carbocycles. The van der Waals surface area contributed by atoms with Gasteiger partial charge < -0.3 is 0 Å². The van der Waals surface area contributed by atoms with Crippen LogP contribution in [0, 0.1) is 0 Å². The Morgan fingerprint density at radius 1 is 1.36 bits per heavy atom. The van der Waals surface area contributed by atoms with Gasteiger partial charge in [-0.05, 0) is 18.1 Å². The number of nitrogens with two attached hydrogens (primary N) is 1. The average molecular weight is 235 g/mol. The molecule has 0 spiro atoms. The Morgan fingerprint density at radius 3 is 2.57 bits per heavy atom. The normalized spacial score (nSPS) is 11.6. The van der Waals surface area contributed by atoms with Gasteiger partial charge in [0.2, 0.25) is 0 Å². The van der Waals surface area contributed by atoms with Crippen LogP contribution in [0.2, 0.25) is 5.02 Å². The highest BCUT2D eigenvalue weighted by Gasteiger charge is 2.02. The summed E-state index contributed by atoms with van der Waals surface area (Å²) in [4.78, 5) is 0. The third kappa shape index (κ3) is 4.06. The van der Waals surface area contributed by atoms with Gasteiger partial charge in [-0.15, -0.1) is 0 Å². The Balaban J connectivity index is 2.51. The first-order valence-electron chi connectivity index (χ1n) is 4.00. The lowest BCUT2D eigenvalue weighted by atomic mass is 10.1. The highest BCUT2D eigenvalue weighted by molar-refractivity contribution is 7.87. The molecule has 1 aromatic rings. The molecular formula is C8H11ClN2O2S. The van der Waals surface area contributed by atoms with E-state index >= 15 is 0 Å². The molecular weight excluding hydrogens is 224 g/mol. The van der Waals surface area contributed by atoms with Crippen LogP contribution in [-0.2, 0) is 16.6 Å². The average Bonchev–Trinajstić information content (AvgIpc) is 2.06. The lowest BCUT2D eigenvalue weighted by Crippen LogP contribution is -2.32. The molecule has 0 fully saturated rings. The Morgan fingerprint density at radius 2 is 2.00 bits per heavy atom. The number of halogens is 1. The Hall–Kier alpha value is -0.620. The maximum absolute atomic E-state index is 10.5. The van der Waals surface area contributed by atoms with Crippen molar-refractivity contribution in [2.45, 2.75) is 6.42 Å². The molecule has 0 amide bonds. The molecule has 0 aromatic heterocycles. The fourth-order valence-electron chi connectivity index (χ4n) is 1.03. The molecule has 0 heterocycles. The fraction of sp³-hybridized carbons (Fsp3) is 0.250. The predicted octanol–water partition coefficient (Wildman–Crippen LogP) is 0.676. The van der Waals surface area contributed by atoms with Crippen molar-refractivity contribution < 1.29 is 8.42 Å². The second-order valence-corrected chi connectivity index (χ2v) is 4.57. The van der Waals surface area contributed by atoms with Gasteiger partial charge in [0.1, 0.15) is 0 Å². The van der Waals surface area contributed by atoms with Crippen LogP contribution in [0.5, 0.6) is 0 Å². The van der Waals surface area contributed by atoms with Gasteiger partial charge in [0.15, 0.2) is 0 Å². The molecule has 0 radical (unpaired) electrons. The van der Waals surface area contributed by atoms with Crippen LogP contribution in [0.1, 0.15) is 5.56 Å². The van der Waals surface area contributed by atoms with Crippen LogP contribution in [0.25, 0.3) is 0 Å². The summed E-state index contributed by atoms with van der Waals surface area (Å²) >= 11 is 5.87. The van der Waals surface area contributed by atoms with Crippen LogP contribution >= 0.6 is 11.6 Å². The van der Waals surface area contributed by atoms with E-state index in [1.807, 2.05) is 18.2 Å². The zero-order valence-corrected chi connectivity index (χ0v) is 8.98. The molecule has 0 unspecified atom stereocenters. The number of hydrogen-bond acceptors (Lipinski definition) is 2. The van der Waals surface area contributed by atoms with Crippen molar-refractivity contribution in [3.63, 3.8) is 0 Å². The zero-order chi connectivity index (χ0) is 10.6. The highest BCUT2D eigenvalue weighted by atomic mass is 35.5. The smallest absolute Gasteiger partial charge is 0.216 e. The molecule has 0 atom stereocenters. The molecule has 0 saturated heterocycles. The van der Waals surface area contributed by atoms with Crippen LogP contribution in [0.15, 0.2) is 24.3 Å². The van der Waals surface area contributed by atoms with E-state index in [1.165, 1.54) is 0 Å². The standard InChI is InChI=1S/C8H11ClN2O2S/c9-8-4-2-1-3-7(8)5-6-11-14(10,12)13/h1-4,11H,5-6H2,(H2,10,12,13). The summed E-state index contributed by atoms with van der Waals surface area (Å²) in [6.07, 6.45) is 0.524. The zero-order valence-electron chi connectivity index (χ0n) is 7.40. The van der Waals surface area contributed by atoms with Crippen molar-refractivity contribution in [2.75, 3.05) is 6.54 Å². The van der Waals surface area contributed by atoms with Crippen LogP contribution in [0.3, 0.4) is 0 Å². The summed E-state index contributed by atoms with van der Waals surface area (Å²) in [5.74, 6) is 0. The maximum Gasteiger partial charge on any atom is 0.274 e. The van der Waals surface area contributed by atoms with E-state index in [0.717, 1.165) is 5.56 Å². The van der Waals surface area contributed by atoms with Gasteiger partial charge in [-0.2, -0.15) is 8.42 Å². The van der Waals surface area contributed by atoms with E-state index in [1.54, 1.807) is 6.07 Å². The SMILES string of the molecule is NS(=O)(=O)NCCc1ccccc1Cl. The topological polar surface area (TPSA) is 72.2 Å². The Kier molecular flexibility index (Phi) is 3.88. The minimum absolute atomic E-state index is 0.253. The van der Waals surface area contributed by atoms with Crippen LogP contribution in [-0.4, -0.2) is 15.0 Å². The summed E-state index contributed by atoms with van der Waals surface area (Å²) in [6, 6.07) is 7.26. The van der Waals surface area contributed by atoms with Gasteiger partial charge in [0.25, 0.3) is 10.2 Å². The van der Waals surface area contributed by atoms with Gasteiger partial charge in [0, 0.05) is 11.6 Å². The molecule has 0 aliphatic heterocycles. The van der Waals surface area contributed by atoms with E-state index < -0.39 is 10.2 Å². The van der Waals surface area contributed by atoms with Crippen molar-refractivity contribution >= 4 is 21.8 Å². The number of hydrogen-bond donors (Lipinski definition) is 2. The van der Waals surface area contributed by atoms with E-state index in [2.05, 4.69) is 4.72 Å².